The van der Waals surface area contributed by atoms with Crippen molar-refractivity contribution in [1.82, 2.24) is 4.98 Å². The van der Waals surface area contributed by atoms with Gasteiger partial charge in [0.2, 0.25) is 0 Å². The molecular formula is C18H13BrFNO3. The fourth-order valence-electron chi connectivity index (χ4n) is 3.37. The molecule has 2 N–H and O–H groups in total. The summed E-state index contributed by atoms with van der Waals surface area (Å²) in [5, 5.41) is 11.0. The van der Waals surface area contributed by atoms with Gasteiger partial charge in [0.15, 0.2) is 0 Å². The van der Waals surface area contributed by atoms with Crippen LogP contribution >= 0.6 is 15.9 Å². The van der Waals surface area contributed by atoms with Crippen LogP contribution in [0, 0.1) is 5.82 Å². The number of benzene rings is 2. The van der Waals surface area contributed by atoms with Gasteiger partial charge in [-0.2, -0.15) is 0 Å². The van der Waals surface area contributed by atoms with Crippen molar-refractivity contribution >= 4 is 32.8 Å². The van der Waals surface area contributed by atoms with Crippen molar-refractivity contribution in [1.29, 1.82) is 0 Å². The molecule has 24 heavy (non-hydrogen) atoms. The zero-order valence-corrected chi connectivity index (χ0v) is 14.3. The van der Waals surface area contributed by atoms with Gasteiger partial charge in [0, 0.05) is 15.4 Å². The van der Waals surface area contributed by atoms with Gasteiger partial charge in [-0.3, -0.25) is 0 Å². The SMILES string of the molecule is COC(=O)c1cc2c(cc1O)-c1[nH]c3c(F)cc(Br)cc3c1CC2. The highest BCUT2D eigenvalue weighted by atomic mass is 79.9. The van der Waals surface area contributed by atoms with Crippen molar-refractivity contribution in [2.24, 2.45) is 0 Å². The summed E-state index contributed by atoms with van der Waals surface area (Å²) in [6, 6.07) is 6.50. The fraction of sp³-hybridized carbons (Fsp3) is 0.167. The number of methoxy groups -OCH3 is 1. The summed E-state index contributed by atoms with van der Waals surface area (Å²) in [6.45, 7) is 0. The molecule has 0 atom stereocenters. The highest BCUT2D eigenvalue weighted by Gasteiger charge is 2.25. The summed E-state index contributed by atoms with van der Waals surface area (Å²) < 4.78 is 19.6. The third-order valence-electron chi connectivity index (χ3n) is 4.47. The van der Waals surface area contributed by atoms with E-state index in [1.54, 1.807) is 12.1 Å². The van der Waals surface area contributed by atoms with Gasteiger partial charge < -0.3 is 14.8 Å². The number of phenols is 1. The lowest BCUT2D eigenvalue weighted by Crippen LogP contribution is -2.07. The number of H-pyrrole nitrogens is 1. The molecule has 0 bridgehead atoms. The topological polar surface area (TPSA) is 62.3 Å². The average Bonchev–Trinajstić information content (AvgIpc) is 2.93. The molecule has 2 aromatic carbocycles. The maximum Gasteiger partial charge on any atom is 0.341 e. The number of halogens is 2. The lowest BCUT2D eigenvalue weighted by atomic mass is 9.87. The van der Waals surface area contributed by atoms with Crippen molar-refractivity contribution in [2.75, 3.05) is 7.11 Å². The van der Waals surface area contributed by atoms with Crippen molar-refractivity contribution < 1.29 is 19.0 Å². The molecule has 3 aromatic rings. The van der Waals surface area contributed by atoms with Gasteiger partial charge in [-0.1, -0.05) is 15.9 Å². The average molecular weight is 390 g/mol. The Hall–Kier alpha value is -2.34. The van der Waals surface area contributed by atoms with Crippen molar-refractivity contribution in [2.45, 2.75) is 12.8 Å². The number of carbonyl (C=O) groups excluding carboxylic acids is 1. The summed E-state index contributed by atoms with van der Waals surface area (Å²) in [5.74, 6) is -1.05. The third kappa shape index (κ3) is 2.13. The minimum absolute atomic E-state index is 0.143. The maximum absolute atomic E-state index is 14.2. The first-order chi connectivity index (χ1) is 11.5. The summed E-state index contributed by atoms with van der Waals surface area (Å²) in [4.78, 5) is 14.9. The molecule has 0 saturated carbocycles. The number of nitrogens with one attached hydrogen (secondary N) is 1. The monoisotopic (exact) mass is 389 g/mol. The van der Waals surface area contributed by atoms with Crippen molar-refractivity contribution in [3.05, 3.63) is 51.2 Å². The summed E-state index contributed by atoms with van der Waals surface area (Å²) in [5.41, 5.74) is 4.11. The lowest BCUT2D eigenvalue weighted by molar-refractivity contribution is 0.0597. The molecule has 4 nitrogen and oxygen atoms in total. The number of esters is 1. The minimum atomic E-state index is -0.576. The van der Waals surface area contributed by atoms with E-state index < -0.39 is 5.97 Å². The maximum atomic E-state index is 14.2. The molecule has 0 radical (unpaired) electrons. The van der Waals surface area contributed by atoms with Gasteiger partial charge >= 0.3 is 5.97 Å². The van der Waals surface area contributed by atoms with Gasteiger partial charge in [0.05, 0.1) is 18.3 Å². The molecule has 0 aliphatic heterocycles. The summed E-state index contributed by atoms with van der Waals surface area (Å²) in [7, 11) is 1.28. The van der Waals surface area contributed by atoms with Crippen LogP contribution in [0.4, 0.5) is 4.39 Å². The summed E-state index contributed by atoms with van der Waals surface area (Å²) >= 11 is 3.33. The molecule has 0 amide bonds. The molecule has 6 heteroatoms. The largest absolute Gasteiger partial charge is 0.507 e. The Labute approximate surface area is 145 Å². The van der Waals surface area contributed by atoms with E-state index in [1.807, 2.05) is 6.07 Å². The quantitative estimate of drug-likeness (QED) is 0.609. The lowest BCUT2D eigenvalue weighted by Gasteiger charge is -2.18. The Bertz CT molecular complexity index is 1010. The van der Waals surface area contributed by atoms with Crippen LogP contribution in [0.25, 0.3) is 22.2 Å². The Balaban J connectivity index is 1.97. The molecule has 0 spiro atoms. The minimum Gasteiger partial charge on any atom is -0.507 e. The highest BCUT2D eigenvalue weighted by Crippen LogP contribution is 2.41. The van der Waals surface area contributed by atoms with Gasteiger partial charge in [0.1, 0.15) is 17.1 Å². The number of fused-ring (bicyclic) bond motifs is 5. The number of rotatable bonds is 1. The standard InChI is InChI=1S/C18H13BrFNO3/c1-24-18(23)13-4-8-2-3-10-12-5-9(19)6-14(20)17(12)21-16(10)11(8)7-15(13)22/h4-7,21-22H,2-3H2,1H3. The molecule has 1 heterocycles. The van der Waals surface area contributed by atoms with E-state index in [0.717, 1.165) is 34.2 Å². The number of phenolic OH excluding ortho intramolecular Hbond substituents is 1. The smallest absolute Gasteiger partial charge is 0.341 e. The molecule has 1 aromatic heterocycles. The van der Waals surface area contributed by atoms with E-state index in [4.69, 9.17) is 4.74 Å². The first-order valence-corrected chi connectivity index (χ1v) is 8.23. The zero-order valence-electron chi connectivity index (χ0n) is 12.7. The molecule has 1 aliphatic rings. The van der Waals surface area contributed by atoms with Crippen molar-refractivity contribution in [3.63, 3.8) is 0 Å². The normalized spacial score (nSPS) is 12.8. The molecule has 1 aliphatic carbocycles. The number of carbonyl (C=O) groups is 1. The van der Waals surface area contributed by atoms with Crippen LogP contribution in [0.15, 0.2) is 28.7 Å². The summed E-state index contributed by atoms with van der Waals surface area (Å²) in [6.07, 6.45) is 1.43. The molecule has 0 unspecified atom stereocenters. The van der Waals surface area contributed by atoms with E-state index in [-0.39, 0.29) is 17.1 Å². The van der Waals surface area contributed by atoms with Gasteiger partial charge in [-0.05, 0) is 48.2 Å². The van der Waals surface area contributed by atoms with E-state index in [1.165, 1.54) is 13.2 Å². The number of hydrogen-bond acceptors (Lipinski definition) is 3. The molecule has 0 fully saturated rings. The van der Waals surface area contributed by atoms with Crippen LogP contribution in [-0.2, 0) is 17.6 Å². The molecule has 4 rings (SSSR count). The molecule has 122 valence electrons. The van der Waals surface area contributed by atoms with Crippen LogP contribution in [0.2, 0.25) is 0 Å². The predicted molar refractivity (Wildman–Crippen MR) is 91.8 cm³/mol. The van der Waals surface area contributed by atoms with Gasteiger partial charge in [0.25, 0.3) is 0 Å². The Morgan fingerprint density at radius 2 is 2.08 bits per heavy atom. The Kier molecular flexibility index (Phi) is 3.38. The van der Waals surface area contributed by atoms with Gasteiger partial charge in [-0.25, -0.2) is 9.18 Å². The predicted octanol–water partition coefficient (Wildman–Crippen LogP) is 4.33. The first-order valence-electron chi connectivity index (χ1n) is 7.43. The second-order valence-corrected chi connectivity index (χ2v) is 6.72. The number of ether oxygens (including phenoxy) is 1. The molecular weight excluding hydrogens is 377 g/mol. The van der Waals surface area contributed by atoms with Gasteiger partial charge in [-0.15, -0.1) is 0 Å². The number of aromatic amines is 1. The van der Waals surface area contributed by atoms with E-state index in [0.29, 0.717) is 16.4 Å². The van der Waals surface area contributed by atoms with Crippen LogP contribution in [0.3, 0.4) is 0 Å². The highest BCUT2D eigenvalue weighted by molar-refractivity contribution is 9.10. The first kappa shape index (κ1) is 15.2. The second kappa shape index (κ2) is 5.34. The van der Waals surface area contributed by atoms with Crippen LogP contribution in [0.1, 0.15) is 21.5 Å². The molecule has 0 saturated heterocycles. The third-order valence-corrected chi connectivity index (χ3v) is 4.93. The number of aryl methyl sites for hydroxylation is 2. The van der Waals surface area contributed by atoms with Crippen LogP contribution < -0.4 is 0 Å². The number of aromatic hydroxyl groups is 1. The Morgan fingerprint density at radius 1 is 1.29 bits per heavy atom. The van der Waals surface area contributed by atoms with E-state index >= 15 is 0 Å². The second-order valence-electron chi connectivity index (χ2n) is 5.81. The van der Waals surface area contributed by atoms with Crippen LogP contribution in [-0.4, -0.2) is 23.2 Å². The van der Waals surface area contributed by atoms with Crippen LogP contribution in [0.5, 0.6) is 5.75 Å². The zero-order chi connectivity index (χ0) is 17.0. The number of aromatic nitrogens is 1. The fourth-order valence-corrected chi connectivity index (χ4v) is 3.80. The van der Waals surface area contributed by atoms with E-state index in [9.17, 15) is 14.3 Å². The Morgan fingerprint density at radius 3 is 2.83 bits per heavy atom. The van der Waals surface area contributed by atoms with E-state index in [2.05, 4.69) is 20.9 Å². The van der Waals surface area contributed by atoms with Crippen molar-refractivity contribution in [3.8, 4) is 17.0 Å². The number of hydrogen-bond donors (Lipinski definition) is 2.